The molecule has 0 saturated heterocycles. The molecule has 0 radical (unpaired) electrons. The van der Waals surface area contributed by atoms with E-state index in [2.05, 4.69) is 36.6 Å². The van der Waals surface area contributed by atoms with Gasteiger partial charge in [0.05, 0.1) is 6.10 Å². The van der Waals surface area contributed by atoms with Crippen LogP contribution in [0.3, 0.4) is 0 Å². The quantitative estimate of drug-likeness (QED) is 0.786. The molecule has 2 aromatic rings. The summed E-state index contributed by atoms with van der Waals surface area (Å²) in [6.45, 7) is 6.22. The maximum atomic E-state index is 9.73. The summed E-state index contributed by atoms with van der Waals surface area (Å²) in [7, 11) is 1.84. The molecule has 0 bridgehead atoms. The average Bonchev–Trinajstić information content (AvgIpc) is 2.55. The zero-order valence-electron chi connectivity index (χ0n) is 14.0. The summed E-state index contributed by atoms with van der Waals surface area (Å²) in [5.41, 5.74) is 2.15. The van der Waals surface area contributed by atoms with Crippen LogP contribution >= 0.6 is 0 Å². The fraction of sp³-hybridized carbons (Fsp3) is 0.368. The maximum absolute atomic E-state index is 9.73. The highest BCUT2D eigenvalue weighted by Gasteiger charge is 2.12. The molecule has 0 amide bonds. The van der Waals surface area contributed by atoms with Gasteiger partial charge in [0.15, 0.2) is 0 Å². The highest BCUT2D eigenvalue weighted by molar-refractivity contribution is 5.42. The number of likely N-dealkylation sites (N-methyl/N-ethyl adjacent to an activating group) is 1. The Balaban J connectivity index is 0.000000224. The molecule has 3 heteroatoms. The Hall–Kier alpha value is -1.84. The number of aliphatic hydroxyl groups is 1. The van der Waals surface area contributed by atoms with Gasteiger partial charge in [-0.1, -0.05) is 48.5 Å². The second-order valence-corrected chi connectivity index (χ2v) is 5.60. The third-order valence-corrected chi connectivity index (χ3v) is 3.30. The van der Waals surface area contributed by atoms with Gasteiger partial charge in [0, 0.05) is 17.8 Å². The first-order chi connectivity index (χ1) is 10.5. The number of para-hydroxylation sites is 1. The molecule has 0 heterocycles. The molecule has 3 nitrogen and oxygen atoms in total. The molecule has 0 aliphatic carbocycles. The largest absolute Gasteiger partial charge is 0.387 e. The molecule has 0 aromatic heterocycles. The highest BCUT2D eigenvalue weighted by Crippen LogP contribution is 2.15. The summed E-state index contributed by atoms with van der Waals surface area (Å²) in [5.74, 6) is 0. The molecule has 2 rings (SSSR count). The van der Waals surface area contributed by atoms with E-state index in [0.29, 0.717) is 6.04 Å². The lowest BCUT2D eigenvalue weighted by molar-refractivity contribution is 0.140. The third-order valence-electron chi connectivity index (χ3n) is 3.30. The minimum absolute atomic E-state index is 0.0902. The van der Waals surface area contributed by atoms with Crippen molar-refractivity contribution in [1.82, 2.24) is 5.32 Å². The maximum Gasteiger partial charge on any atom is 0.0940 e. The van der Waals surface area contributed by atoms with Crippen molar-refractivity contribution < 1.29 is 5.11 Å². The van der Waals surface area contributed by atoms with Crippen molar-refractivity contribution in [1.29, 1.82) is 0 Å². The van der Waals surface area contributed by atoms with Crippen LogP contribution < -0.4 is 10.6 Å². The van der Waals surface area contributed by atoms with Crippen LogP contribution in [0.1, 0.15) is 32.4 Å². The summed E-state index contributed by atoms with van der Waals surface area (Å²) in [5, 5.41) is 16.0. The lowest BCUT2D eigenvalue weighted by atomic mass is 10.0. The Morgan fingerprint density at radius 2 is 1.32 bits per heavy atom. The Morgan fingerprint density at radius 1 is 0.818 bits per heavy atom. The van der Waals surface area contributed by atoms with Crippen LogP contribution in [0.25, 0.3) is 0 Å². The first-order valence-electron chi connectivity index (χ1n) is 7.76. The Morgan fingerprint density at radius 3 is 1.77 bits per heavy atom. The van der Waals surface area contributed by atoms with E-state index in [1.807, 2.05) is 62.5 Å². The van der Waals surface area contributed by atoms with Crippen molar-refractivity contribution in [2.24, 2.45) is 0 Å². The molecule has 0 unspecified atom stereocenters. The first-order valence-corrected chi connectivity index (χ1v) is 7.76. The van der Waals surface area contributed by atoms with E-state index in [-0.39, 0.29) is 6.04 Å². The van der Waals surface area contributed by atoms with Crippen LogP contribution in [-0.2, 0) is 0 Å². The standard InChI is InChI=1S/C10H15NO.C9H13N/c1-8(11-2)10(12)9-6-4-3-5-7-9;1-8(2)10-9-6-4-3-5-7-9/h3-8,10-12H,1-2H3;3-8,10H,1-2H3/t8-,10-;/m0./s1. The van der Waals surface area contributed by atoms with Gasteiger partial charge >= 0.3 is 0 Å². The highest BCUT2D eigenvalue weighted by atomic mass is 16.3. The molecule has 0 saturated carbocycles. The number of nitrogens with one attached hydrogen (secondary N) is 2. The van der Waals surface area contributed by atoms with Crippen LogP contribution in [0, 0.1) is 0 Å². The molecule has 22 heavy (non-hydrogen) atoms. The molecular formula is C19H28N2O. The van der Waals surface area contributed by atoms with Crippen LogP contribution in [0.4, 0.5) is 5.69 Å². The summed E-state index contributed by atoms with van der Waals surface area (Å²) in [6.07, 6.45) is -0.420. The van der Waals surface area contributed by atoms with Gasteiger partial charge in [-0.2, -0.15) is 0 Å². The fourth-order valence-electron chi connectivity index (χ4n) is 1.96. The van der Waals surface area contributed by atoms with Gasteiger partial charge in [-0.25, -0.2) is 0 Å². The fourth-order valence-corrected chi connectivity index (χ4v) is 1.96. The van der Waals surface area contributed by atoms with Crippen molar-refractivity contribution in [3.8, 4) is 0 Å². The summed E-state index contributed by atoms with van der Waals surface area (Å²) < 4.78 is 0. The molecular weight excluding hydrogens is 272 g/mol. The predicted octanol–water partition coefficient (Wildman–Crippen LogP) is 3.83. The van der Waals surface area contributed by atoms with Crippen LogP contribution in [0.2, 0.25) is 0 Å². The number of benzene rings is 2. The van der Waals surface area contributed by atoms with E-state index in [1.165, 1.54) is 5.69 Å². The van der Waals surface area contributed by atoms with Gasteiger partial charge in [-0.15, -0.1) is 0 Å². The van der Waals surface area contributed by atoms with Gasteiger partial charge < -0.3 is 15.7 Å². The van der Waals surface area contributed by atoms with Crippen molar-refractivity contribution >= 4 is 5.69 Å². The minimum Gasteiger partial charge on any atom is -0.387 e. The number of anilines is 1. The Labute approximate surface area is 134 Å². The lowest BCUT2D eigenvalue weighted by Gasteiger charge is -2.17. The van der Waals surface area contributed by atoms with Crippen molar-refractivity contribution in [3.63, 3.8) is 0 Å². The number of aliphatic hydroxyl groups excluding tert-OH is 1. The van der Waals surface area contributed by atoms with Gasteiger partial charge in [0.2, 0.25) is 0 Å². The van der Waals surface area contributed by atoms with Gasteiger partial charge in [0.1, 0.15) is 0 Å². The Kier molecular flexibility index (Phi) is 8.26. The third kappa shape index (κ3) is 6.74. The van der Waals surface area contributed by atoms with Gasteiger partial charge in [-0.05, 0) is 45.5 Å². The van der Waals surface area contributed by atoms with E-state index in [4.69, 9.17) is 0 Å². The average molecular weight is 300 g/mol. The molecule has 2 aromatic carbocycles. The smallest absolute Gasteiger partial charge is 0.0940 e. The lowest BCUT2D eigenvalue weighted by Crippen LogP contribution is -2.28. The van der Waals surface area contributed by atoms with Crippen LogP contribution in [0.5, 0.6) is 0 Å². The molecule has 120 valence electrons. The van der Waals surface area contributed by atoms with Gasteiger partial charge in [-0.3, -0.25) is 0 Å². The zero-order valence-corrected chi connectivity index (χ0v) is 14.0. The van der Waals surface area contributed by atoms with E-state index in [9.17, 15) is 5.11 Å². The van der Waals surface area contributed by atoms with E-state index >= 15 is 0 Å². The normalized spacial score (nSPS) is 13.0. The molecule has 0 aliphatic rings. The van der Waals surface area contributed by atoms with E-state index in [0.717, 1.165) is 5.56 Å². The zero-order chi connectivity index (χ0) is 16.4. The number of hydrogen-bond donors (Lipinski definition) is 3. The summed E-state index contributed by atoms with van der Waals surface area (Å²) in [6, 6.07) is 20.5. The first kappa shape index (κ1) is 18.2. The van der Waals surface area contributed by atoms with E-state index in [1.54, 1.807) is 0 Å². The van der Waals surface area contributed by atoms with Crippen molar-refractivity contribution in [2.75, 3.05) is 12.4 Å². The van der Waals surface area contributed by atoms with Crippen molar-refractivity contribution in [2.45, 2.75) is 39.0 Å². The number of rotatable bonds is 5. The predicted molar refractivity (Wildman–Crippen MR) is 95.1 cm³/mol. The Bertz CT molecular complexity index is 499. The van der Waals surface area contributed by atoms with Gasteiger partial charge in [0.25, 0.3) is 0 Å². The molecule has 0 fully saturated rings. The second kappa shape index (κ2) is 9.98. The topological polar surface area (TPSA) is 44.3 Å². The van der Waals surface area contributed by atoms with Crippen LogP contribution in [0.15, 0.2) is 60.7 Å². The SMILES string of the molecule is CC(C)Nc1ccccc1.CN[C@@H](C)[C@H](O)c1ccccc1. The summed E-state index contributed by atoms with van der Waals surface area (Å²) >= 11 is 0. The van der Waals surface area contributed by atoms with Crippen LogP contribution in [-0.4, -0.2) is 24.2 Å². The summed E-state index contributed by atoms with van der Waals surface area (Å²) in [4.78, 5) is 0. The van der Waals surface area contributed by atoms with Crippen molar-refractivity contribution in [3.05, 3.63) is 66.2 Å². The molecule has 2 atom stereocenters. The number of hydrogen-bond acceptors (Lipinski definition) is 3. The second-order valence-electron chi connectivity index (χ2n) is 5.60. The molecule has 0 spiro atoms. The molecule has 3 N–H and O–H groups in total. The molecule has 0 aliphatic heterocycles. The monoisotopic (exact) mass is 300 g/mol. The van der Waals surface area contributed by atoms with E-state index < -0.39 is 6.10 Å². The minimum atomic E-state index is -0.420.